The zero-order chi connectivity index (χ0) is 9.40. The predicted octanol–water partition coefficient (Wildman–Crippen LogP) is -0.0900. The Morgan fingerprint density at radius 3 is 2.83 bits per heavy atom. The SMILES string of the molecule is CCCOC(=O)C(C)NCCO. The summed E-state index contributed by atoms with van der Waals surface area (Å²) in [4.78, 5) is 11.0. The van der Waals surface area contributed by atoms with Gasteiger partial charge >= 0.3 is 5.97 Å². The summed E-state index contributed by atoms with van der Waals surface area (Å²) in [5.41, 5.74) is 0. The molecule has 0 fully saturated rings. The van der Waals surface area contributed by atoms with Crippen molar-refractivity contribution < 1.29 is 14.6 Å². The molecule has 12 heavy (non-hydrogen) atoms. The van der Waals surface area contributed by atoms with E-state index in [-0.39, 0.29) is 18.6 Å². The molecular formula is C8H17NO3. The third kappa shape index (κ3) is 5.09. The van der Waals surface area contributed by atoms with Crippen LogP contribution in [0.3, 0.4) is 0 Å². The van der Waals surface area contributed by atoms with E-state index in [0.29, 0.717) is 13.2 Å². The van der Waals surface area contributed by atoms with Crippen molar-refractivity contribution in [3.8, 4) is 0 Å². The Bertz CT molecular complexity index is 127. The summed E-state index contributed by atoms with van der Waals surface area (Å²) < 4.78 is 4.87. The summed E-state index contributed by atoms with van der Waals surface area (Å²) in [6, 6.07) is -0.330. The van der Waals surface area contributed by atoms with Gasteiger partial charge in [-0.15, -0.1) is 0 Å². The Kier molecular flexibility index (Phi) is 6.70. The lowest BCUT2D eigenvalue weighted by Crippen LogP contribution is -2.37. The molecule has 0 amide bonds. The average Bonchev–Trinajstić information content (AvgIpc) is 2.10. The van der Waals surface area contributed by atoms with Crippen molar-refractivity contribution in [2.45, 2.75) is 26.3 Å². The fourth-order valence-corrected chi connectivity index (χ4v) is 0.692. The minimum absolute atomic E-state index is 0.0331. The molecule has 0 aromatic carbocycles. The zero-order valence-electron chi connectivity index (χ0n) is 7.67. The van der Waals surface area contributed by atoms with Crippen LogP contribution in [-0.2, 0) is 9.53 Å². The third-order valence-corrected chi connectivity index (χ3v) is 1.36. The molecule has 0 aliphatic heterocycles. The second-order valence-corrected chi connectivity index (χ2v) is 2.57. The highest BCUT2D eigenvalue weighted by Gasteiger charge is 2.11. The van der Waals surface area contributed by atoms with Crippen molar-refractivity contribution >= 4 is 5.97 Å². The van der Waals surface area contributed by atoms with E-state index in [0.717, 1.165) is 6.42 Å². The van der Waals surface area contributed by atoms with Gasteiger partial charge < -0.3 is 15.2 Å². The molecule has 1 atom stereocenters. The number of esters is 1. The van der Waals surface area contributed by atoms with Crippen molar-refractivity contribution in [1.82, 2.24) is 5.32 Å². The Balaban J connectivity index is 3.47. The minimum Gasteiger partial charge on any atom is -0.465 e. The highest BCUT2D eigenvalue weighted by molar-refractivity contribution is 5.75. The van der Waals surface area contributed by atoms with Crippen LogP contribution in [0.2, 0.25) is 0 Å². The molecule has 0 aromatic rings. The fourth-order valence-electron chi connectivity index (χ4n) is 0.692. The molecule has 0 radical (unpaired) electrons. The maximum Gasteiger partial charge on any atom is 0.322 e. The first-order chi connectivity index (χ1) is 5.72. The number of aliphatic hydroxyl groups is 1. The zero-order valence-corrected chi connectivity index (χ0v) is 7.67. The molecule has 2 N–H and O–H groups in total. The first-order valence-electron chi connectivity index (χ1n) is 4.23. The fraction of sp³-hybridized carbons (Fsp3) is 0.875. The van der Waals surface area contributed by atoms with Crippen molar-refractivity contribution in [3.05, 3.63) is 0 Å². The van der Waals surface area contributed by atoms with Gasteiger partial charge in [0.25, 0.3) is 0 Å². The Morgan fingerprint density at radius 1 is 1.67 bits per heavy atom. The van der Waals surface area contributed by atoms with Crippen LogP contribution in [0.15, 0.2) is 0 Å². The van der Waals surface area contributed by atoms with Crippen molar-refractivity contribution in [2.24, 2.45) is 0 Å². The molecule has 0 saturated heterocycles. The van der Waals surface area contributed by atoms with Gasteiger partial charge in [-0.25, -0.2) is 0 Å². The van der Waals surface area contributed by atoms with Crippen LogP contribution in [0.5, 0.6) is 0 Å². The van der Waals surface area contributed by atoms with Gasteiger partial charge in [-0.1, -0.05) is 6.92 Å². The largest absolute Gasteiger partial charge is 0.465 e. The number of nitrogens with one attached hydrogen (secondary N) is 1. The normalized spacial score (nSPS) is 12.6. The topological polar surface area (TPSA) is 58.6 Å². The molecule has 0 rings (SSSR count). The van der Waals surface area contributed by atoms with Gasteiger partial charge in [0.15, 0.2) is 0 Å². The molecule has 72 valence electrons. The molecule has 4 heteroatoms. The average molecular weight is 175 g/mol. The summed E-state index contributed by atoms with van der Waals surface area (Å²) in [7, 11) is 0. The third-order valence-electron chi connectivity index (χ3n) is 1.36. The smallest absolute Gasteiger partial charge is 0.322 e. The van der Waals surface area contributed by atoms with E-state index in [1.165, 1.54) is 0 Å². The molecule has 0 aliphatic rings. The van der Waals surface area contributed by atoms with Gasteiger partial charge in [0.2, 0.25) is 0 Å². The van der Waals surface area contributed by atoms with Crippen LogP contribution in [0.4, 0.5) is 0 Å². The van der Waals surface area contributed by atoms with Gasteiger partial charge in [0.05, 0.1) is 13.2 Å². The summed E-state index contributed by atoms with van der Waals surface area (Å²) >= 11 is 0. The molecule has 0 saturated carbocycles. The first-order valence-corrected chi connectivity index (χ1v) is 4.23. The van der Waals surface area contributed by atoms with Crippen LogP contribution < -0.4 is 5.32 Å². The number of ether oxygens (including phenoxy) is 1. The molecule has 1 unspecified atom stereocenters. The molecular weight excluding hydrogens is 158 g/mol. The highest BCUT2D eigenvalue weighted by atomic mass is 16.5. The van der Waals surface area contributed by atoms with E-state index < -0.39 is 0 Å². The monoisotopic (exact) mass is 175 g/mol. The Morgan fingerprint density at radius 2 is 2.33 bits per heavy atom. The number of carbonyl (C=O) groups excluding carboxylic acids is 1. The highest BCUT2D eigenvalue weighted by Crippen LogP contribution is 1.88. The van der Waals surface area contributed by atoms with E-state index in [2.05, 4.69) is 5.32 Å². The van der Waals surface area contributed by atoms with E-state index >= 15 is 0 Å². The van der Waals surface area contributed by atoms with Gasteiger partial charge in [-0.2, -0.15) is 0 Å². The second-order valence-electron chi connectivity index (χ2n) is 2.57. The molecule has 4 nitrogen and oxygen atoms in total. The summed E-state index contributed by atoms with van der Waals surface area (Å²) in [5.74, 6) is -0.259. The van der Waals surface area contributed by atoms with Gasteiger partial charge in [-0.05, 0) is 13.3 Å². The Labute approximate surface area is 72.9 Å². The molecule has 0 aromatic heterocycles. The first kappa shape index (κ1) is 11.4. The van der Waals surface area contributed by atoms with E-state index in [1.54, 1.807) is 6.92 Å². The standard InChI is InChI=1S/C8H17NO3/c1-3-6-12-8(11)7(2)9-4-5-10/h7,9-10H,3-6H2,1-2H3. The van der Waals surface area contributed by atoms with Crippen LogP contribution in [0.1, 0.15) is 20.3 Å². The second kappa shape index (κ2) is 7.06. The minimum atomic E-state index is -0.330. The van der Waals surface area contributed by atoms with Crippen LogP contribution in [-0.4, -0.2) is 36.9 Å². The van der Waals surface area contributed by atoms with E-state index in [4.69, 9.17) is 9.84 Å². The van der Waals surface area contributed by atoms with Crippen molar-refractivity contribution in [3.63, 3.8) is 0 Å². The lowest BCUT2D eigenvalue weighted by atomic mass is 10.3. The number of hydrogen-bond acceptors (Lipinski definition) is 4. The molecule has 0 bridgehead atoms. The number of hydrogen-bond donors (Lipinski definition) is 2. The van der Waals surface area contributed by atoms with E-state index in [9.17, 15) is 4.79 Å². The maximum absolute atomic E-state index is 11.0. The van der Waals surface area contributed by atoms with Crippen molar-refractivity contribution in [1.29, 1.82) is 0 Å². The van der Waals surface area contributed by atoms with Gasteiger partial charge in [-0.3, -0.25) is 4.79 Å². The number of carbonyl (C=O) groups is 1. The quantitative estimate of drug-likeness (QED) is 0.554. The van der Waals surface area contributed by atoms with E-state index in [1.807, 2.05) is 6.92 Å². The summed E-state index contributed by atoms with van der Waals surface area (Å²) in [6.45, 7) is 4.57. The molecule has 0 aliphatic carbocycles. The number of rotatable bonds is 6. The summed E-state index contributed by atoms with van der Waals surface area (Å²) in [5, 5.41) is 11.3. The number of aliphatic hydroxyl groups excluding tert-OH is 1. The van der Waals surface area contributed by atoms with Crippen LogP contribution in [0.25, 0.3) is 0 Å². The van der Waals surface area contributed by atoms with Gasteiger partial charge in [0, 0.05) is 6.54 Å². The van der Waals surface area contributed by atoms with Crippen molar-refractivity contribution in [2.75, 3.05) is 19.8 Å². The lowest BCUT2D eigenvalue weighted by molar-refractivity contribution is -0.145. The summed E-state index contributed by atoms with van der Waals surface area (Å²) in [6.07, 6.45) is 0.832. The molecule has 0 spiro atoms. The maximum atomic E-state index is 11.0. The van der Waals surface area contributed by atoms with Crippen LogP contribution >= 0.6 is 0 Å². The van der Waals surface area contributed by atoms with Crippen LogP contribution in [0, 0.1) is 0 Å². The predicted molar refractivity (Wildman–Crippen MR) is 45.8 cm³/mol. The lowest BCUT2D eigenvalue weighted by Gasteiger charge is -2.11. The Hall–Kier alpha value is -0.610. The molecule has 0 heterocycles. The van der Waals surface area contributed by atoms with Gasteiger partial charge in [0.1, 0.15) is 6.04 Å².